The number of nitrogens with zero attached hydrogens (tertiary/aromatic N) is 2. The number of alkyl halides is 3. The fourth-order valence-electron chi connectivity index (χ4n) is 6.87. The van der Waals surface area contributed by atoms with Gasteiger partial charge in [0.2, 0.25) is 33.5 Å². The molecular weight excluding hydrogens is 631 g/mol. The van der Waals surface area contributed by atoms with E-state index in [-0.39, 0.29) is 41.7 Å². The van der Waals surface area contributed by atoms with Crippen LogP contribution in [0.4, 0.5) is 13.2 Å². The van der Waals surface area contributed by atoms with Crippen LogP contribution in [0, 0.1) is 28.6 Å². The van der Waals surface area contributed by atoms with Crippen molar-refractivity contribution in [1.82, 2.24) is 25.2 Å². The number of piperidine rings is 1. The number of fused-ring (bicyclic) bond motifs is 2. The first kappa shape index (κ1) is 33.8. The molecular formula is C30H38F3N5O7S. The summed E-state index contributed by atoms with van der Waals surface area (Å²) in [5.74, 6) is -4.29. The number of aromatic nitrogens is 1. The Hall–Kier alpha value is -3.53. The number of amides is 3. The number of carbonyl (C=O) groups is 4. The van der Waals surface area contributed by atoms with Crippen molar-refractivity contribution in [2.24, 2.45) is 28.6 Å². The molecule has 3 heterocycles. The number of oxazole rings is 1. The molecule has 1 aliphatic carbocycles. The zero-order valence-electron chi connectivity index (χ0n) is 26.3. The fraction of sp³-hybridized carbons (Fsp3) is 0.633. The van der Waals surface area contributed by atoms with E-state index in [1.807, 2.05) is 13.8 Å². The zero-order valence-corrected chi connectivity index (χ0v) is 27.1. The first-order valence-electron chi connectivity index (χ1n) is 15.0. The van der Waals surface area contributed by atoms with Gasteiger partial charge in [-0.25, -0.2) is 18.1 Å². The van der Waals surface area contributed by atoms with E-state index in [0.29, 0.717) is 13.0 Å². The van der Waals surface area contributed by atoms with Crippen molar-refractivity contribution in [2.75, 3.05) is 19.3 Å². The molecule has 1 saturated carbocycles. The summed E-state index contributed by atoms with van der Waals surface area (Å²) in [6.07, 6.45) is -3.65. The first-order valence-corrected chi connectivity index (χ1v) is 16.9. The average Bonchev–Trinajstić information content (AvgIpc) is 3.44. The molecule has 12 nitrogen and oxygen atoms in total. The molecule has 1 aromatic carbocycles. The summed E-state index contributed by atoms with van der Waals surface area (Å²) >= 11 is 0. The summed E-state index contributed by atoms with van der Waals surface area (Å²) in [4.78, 5) is 59.5. The number of hydrogen-bond acceptors (Lipinski definition) is 8. The molecule has 6 atom stereocenters. The van der Waals surface area contributed by atoms with Gasteiger partial charge < -0.3 is 20.0 Å². The molecule has 3 amide bonds. The summed E-state index contributed by atoms with van der Waals surface area (Å²) < 4.78 is 73.1. The van der Waals surface area contributed by atoms with Crippen molar-refractivity contribution in [1.29, 1.82) is 0 Å². The average molecular weight is 670 g/mol. The van der Waals surface area contributed by atoms with Gasteiger partial charge in [-0.05, 0) is 47.6 Å². The van der Waals surface area contributed by atoms with Crippen LogP contribution in [0.15, 0.2) is 22.6 Å². The molecule has 2 saturated heterocycles. The molecule has 3 fully saturated rings. The van der Waals surface area contributed by atoms with Gasteiger partial charge in [0.15, 0.2) is 5.58 Å². The minimum absolute atomic E-state index is 0.0707. The van der Waals surface area contributed by atoms with Crippen molar-refractivity contribution in [3.8, 4) is 0 Å². The fourth-order valence-corrected chi connectivity index (χ4v) is 7.75. The van der Waals surface area contributed by atoms with Gasteiger partial charge in [-0.1, -0.05) is 40.7 Å². The molecule has 0 unspecified atom stereocenters. The number of para-hydroxylation sites is 1. The Morgan fingerprint density at radius 2 is 1.87 bits per heavy atom. The van der Waals surface area contributed by atoms with Gasteiger partial charge in [-0.3, -0.25) is 19.2 Å². The maximum Gasteiger partial charge on any atom is 0.418 e. The van der Waals surface area contributed by atoms with Gasteiger partial charge in [0, 0.05) is 19.0 Å². The standard InChI is InChI=1S/C30H38F3N5O7S/c1-28(2,3)23(37-46(6,43)44)27(42)38-13-16-19(29(16,4)5)21(38)25(41)35-17(12-14-10-11-34-24(14)40)22(39)26-36-20-15(30(31,32)33)8-7-9-18(20)45-26/h7-9,14,16-17,19,21,23,37H,10-13H2,1-6H3,(H,34,40)(H,35,41)/t14-,16-,17-,19-,21-,23+/m0/s1. The number of halogens is 3. The Balaban J connectivity index is 1.47. The molecule has 1 aromatic heterocycles. The number of hydrogen-bond donors (Lipinski definition) is 3. The predicted molar refractivity (Wildman–Crippen MR) is 158 cm³/mol. The number of Topliss-reactive ketones (excluding diaryl/α,β-unsaturated/α-hetero) is 1. The maximum absolute atomic E-state index is 14.1. The van der Waals surface area contributed by atoms with Crippen molar-refractivity contribution < 1.29 is 45.2 Å². The molecule has 5 rings (SSSR count). The second-order valence-corrected chi connectivity index (χ2v) is 16.0. The van der Waals surface area contributed by atoms with E-state index >= 15 is 0 Å². The highest BCUT2D eigenvalue weighted by Crippen LogP contribution is 2.65. The molecule has 252 valence electrons. The highest BCUT2D eigenvalue weighted by molar-refractivity contribution is 7.88. The Morgan fingerprint density at radius 3 is 2.43 bits per heavy atom. The summed E-state index contributed by atoms with van der Waals surface area (Å²) in [7, 11) is -3.82. The molecule has 3 N–H and O–H groups in total. The predicted octanol–water partition coefficient (Wildman–Crippen LogP) is 2.49. The third-order valence-corrected chi connectivity index (χ3v) is 10.1. The number of likely N-dealkylation sites (tertiary alicyclic amines) is 1. The van der Waals surface area contributed by atoms with E-state index in [1.165, 1.54) is 11.0 Å². The van der Waals surface area contributed by atoms with Gasteiger partial charge in [-0.2, -0.15) is 13.2 Å². The lowest BCUT2D eigenvalue weighted by Gasteiger charge is -2.37. The van der Waals surface area contributed by atoms with Crippen LogP contribution in [-0.2, 0) is 30.6 Å². The van der Waals surface area contributed by atoms with E-state index in [9.17, 15) is 40.8 Å². The van der Waals surface area contributed by atoms with Crippen LogP contribution >= 0.6 is 0 Å². The number of nitrogens with one attached hydrogen (secondary N) is 3. The maximum atomic E-state index is 14.1. The third kappa shape index (κ3) is 6.37. The lowest BCUT2D eigenvalue weighted by molar-refractivity contribution is -0.143. The van der Waals surface area contributed by atoms with E-state index in [0.717, 1.165) is 18.4 Å². The summed E-state index contributed by atoms with van der Waals surface area (Å²) in [6, 6.07) is -0.526. The number of carbonyl (C=O) groups excluding carboxylic acids is 4. The molecule has 0 radical (unpaired) electrons. The highest BCUT2D eigenvalue weighted by Gasteiger charge is 2.70. The van der Waals surface area contributed by atoms with Gasteiger partial charge >= 0.3 is 6.18 Å². The minimum atomic E-state index is -4.77. The Bertz CT molecular complexity index is 1700. The minimum Gasteiger partial charge on any atom is -0.434 e. The number of benzene rings is 1. The highest BCUT2D eigenvalue weighted by atomic mass is 32.2. The first-order chi connectivity index (χ1) is 21.1. The van der Waals surface area contributed by atoms with Crippen LogP contribution in [-0.4, -0.2) is 79.3 Å². The third-order valence-electron chi connectivity index (χ3n) is 9.46. The number of ketones is 1. The monoisotopic (exact) mass is 669 g/mol. The largest absolute Gasteiger partial charge is 0.434 e. The van der Waals surface area contributed by atoms with E-state index in [1.54, 1.807) is 20.8 Å². The van der Waals surface area contributed by atoms with Crippen LogP contribution < -0.4 is 15.4 Å². The van der Waals surface area contributed by atoms with E-state index in [2.05, 4.69) is 20.3 Å². The van der Waals surface area contributed by atoms with E-state index < -0.39 is 80.2 Å². The summed E-state index contributed by atoms with van der Waals surface area (Å²) in [5, 5.41) is 5.34. The Labute approximate surface area is 264 Å². The molecule has 16 heteroatoms. The molecule has 0 bridgehead atoms. The van der Waals surface area contributed by atoms with Gasteiger partial charge in [-0.15, -0.1) is 0 Å². The summed E-state index contributed by atoms with van der Waals surface area (Å²) in [6.45, 7) is 9.49. The molecule has 0 spiro atoms. The number of sulfonamides is 1. The Kier molecular flexibility index (Phi) is 8.32. The Morgan fingerprint density at radius 1 is 1.20 bits per heavy atom. The second kappa shape index (κ2) is 11.3. The normalized spacial score (nSPS) is 25.6. The van der Waals surface area contributed by atoms with Crippen LogP contribution in [0.25, 0.3) is 11.1 Å². The topological polar surface area (TPSA) is 168 Å². The molecule has 2 aromatic rings. The van der Waals surface area contributed by atoms with Crippen molar-refractivity contribution in [3.05, 3.63) is 29.7 Å². The lowest BCUT2D eigenvalue weighted by atomic mass is 9.86. The van der Waals surface area contributed by atoms with Crippen LogP contribution in [0.3, 0.4) is 0 Å². The summed E-state index contributed by atoms with van der Waals surface area (Å²) in [5.41, 5.74) is -3.13. The van der Waals surface area contributed by atoms with Crippen molar-refractivity contribution in [3.63, 3.8) is 0 Å². The van der Waals surface area contributed by atoms with Gasteiger partial charge in [0.1, 0.15) is 17.6 Å². The zero-order chi connectivity index (χ0) is 34.1. The smallest absolute Gasteiger partial charge is 0.418 e. The number of rotatable bonds is 9. The van der Waals surface area contributed by atoms with Gasteiger partial charge in [0.25, 0.3) is 5.89 Å². The van der Waals surface area contributed by atoms with Crippen molar-refractivity contribution in [2.45, 2.75) is 71.8 Å². The van der Waals surface area contributed by atoms with Crippen LogP contribution in [0.5, 0.6) is 0 Å². The second-order valence-electron chi connectivity index (χ2n) is 14.2. The van der Waals surface area contributed by atoms with E-state index in [4.69, 9.17) is 4.42 Å². The molecule has 46 heavy (non-hydrogen) atoms. The molecule has 2 aliphatic heterocycles. The van der Waals surface area contributed by atoms with Gasteiger partial charge in [0.05, 0.1) is 17.9 Å². The SMILES string of the molecule is CC(C)(C)[C@H](NS(C)(=O)=O)C(=O)N1C[C@H]2[C@@H]([C@H]1C(=O)N[C@@H](C[C@@H]1CCNC1=O)C(=O)c1nc3c(C(F)(F)F)cccc3o1)C2(C)C. The van der Waals surface area contributed by atoms with Crippen LogP contribution in [0.2, 0.25) is 0 Å². The lowest BCUT2D eigenvalue weighted by Crippen LogP contribution is -2.60. The quantitative estimate of drug-likeness (QED) is 0.343. The van der Waals surface area contributed by atoms with Crippen LogP contribution in [0.1, 0.15) is 63.7 Å². The molecule has 3 aliphatic rings. The van der Waals surface area contributed by atoms with Crippen molar-refractivity contribution >= 4 is 44.6 Å².